The van der Waals surface area contributed by atoms with E-state index in [2.05, 4.69) is 5.32 Å². The average Bonchev–Trinajstić information content (AvgIpc) is 2.39. The maximum Gasteiger partial charge on any atom is 0.120 e. The van der Waals surface area contributed by atoms with Crippen molar-refractivity contribution in [2.24, 2.45) is 0 Å². The first-order chi connectivity index (χ1) is 8.35. The van der Waals surface area contributed by atoms with Gasteiger partial charge in [-0.3, -0.25) is 0 Å². The van der Waals surface area contributed by atoms with Crippen molar-refractivity contribution in [1.82, 2.24) is 5.32 Å². The third-order valence-electron chi connectivity index (χ3n) is 1.48. The van der Waals surface area contributed by atoms with Crippen LogP contribution in [0.2, 0.25) is 0 Å². The Bertz CT molecular complexity index is 237. The molecular formula is C14H25NO2. The highest BCUT2D eigenvalue weighted by molar-refractivity contribution is 5.48. The van der Waals surface area contributed by atoms with Crippen molar-refractivity contribution < 1.29 is 9.53 Å². The predicted molar refractivity (Wildman–Crippen MR) is 73.6 cm³/mol. The summed E-state index contributed by atoms with van der Waals surface area (Å²) in [4.78, 5) is 9.96. The van der Waals surface area contributed by atoms with Gasteiger partial charge in [0.1, 0.15) is 12.0 Å². The fourth-order valence-corrected chi connectivity index (χ4v) is 0.873. The van der Waals surface area contributed by atoms with Gasteiger partial charge < -0.3 is 14.8 Å². The van der Waals surface area contributed by atoms with E-state index in [0.29, 0.717) is 13.0 Å². The number of para-hydroxylation sites is 1. The minimum atomic E-state index is 0.576. The Morgan fingerprint density at radius 1 is 1.18 bits per heavy atom. The van der Waals surface area contributed by atoms with Crippen LogP contribution >= 0.6 is 0 Å². The molecule has 0 saturated heterocycles. The van der Waals surface area contributed by atoms with Crippen LogP contribution in [0.3, 0.4) is 0 Å². The molecule has 0 atom stereocenters. The molecule has 1 aromatic carbocycles. The molecule has 0 bridgehead atoms. The molecule has 0 amide bonds. The summed E-state index contributed by atoms with van der Waals surface area (Å²) in [6.45, 7) is 4.61. The van der Waals surface area contributed by atoms with E-state index < -0.39 is 0 Å². The van der Waals surface area contributed by atoms with E-state index in [4.69, 9.17) is 4.74 Å². The molecule has 1 rings (SSSR count). The zero-order valence-electron chi connectivity index (χ0n) is 11.4. The second-order valence-corrected chi connectivity index (χ2v) is 2.97. The van der Waals surface area contributed by atoms with Gasteiger partial charge in [0.25, 0.3) is 0 Å². The molecule has 0 unspecified atom stereocenters. The number of carbonyl (C=O) groups is 1. The van der Waals surface area contributed by atoms with Crippen molar-refractivity contribution in [3.8, 4) is 5.75 Å². The number of hydrogen-bond donors (Lipinski definition) is 1. The number of ether oxygens (including phenoxy) is 1. The second kappa shape index (κ2) is 17.1. The van der Waals surface area contributed by atoms with Gasteiger partial charge in [-0.2, -0.15) is 0 Å². The molecule has 0 saturated carbocycles. The van der Waals surface area contributed by atoms with Gasteiger partial charge in [-0.1, -0.05) is 32.0 Å². The molecule has 1 aromatic rings. The smallest absolute Gasteiger partial charge is 0.120 e. The van der Waals surface area contributed by atoms with Gasteiger partial charge in [0, 0.05) is 6.42 Å². The Labute approximate surface area is 105 Å². The van der Waals surface area contributed by atoms with E-state index in [-0.39, 0.29) is 0 Å². The van der Waals surface area contributed by atoms with Crippen LogP contribution in [0.4, 0.5) is 0 Å². The number of unbranched alkanes of at least 4 members (excludes halogenated alkanes) is 1. The van der Waals surface area contributed by atoms with Crippen molar-refractivity contribution in [2.75, 3.05) is 20.7 Å². The van der Waals surface area contributed by atoms with Crippen LogP contribution in [0, 0.1) is 0 Å². The van der Waals surface area contributed by atoms with Gasteiger partial charge in [-0.05, 0) is 32.6 Å². The molecule has 0 spiro atoms. The van der Waals surface area contributed by atoms with Crippen LogP contribution in [0.5, 0.6) is 5.75 Å². The molecule has 0 radical (unpaired) electrons. The topological polar surface area (TPSA) is 38.3 Å². The molecule has 0 heterocycles. The van der Waals surface area contributed by atoms with Crippen molar-refractivity contribution >= 4 is 6.29 Å². The molecule has 3 nitrogen and oxygen atoms in total. The molecule has 17 heavy (non-hydrogen) atoms. The summed E-state index contributed by atoms with van der Waals surface area (Å²) in [7, 11) is 3.75. The quantitative estimate of drug-likeness (QED) is 0.634. The van der Waals surface area contributed by atoms with E-state index in [0.717, 1.165) is 18.5 Å². The SMILES string of the molecule is CC.CNC.O=CCCCOc1ccccc1. The van der Waals surface area contributed by atoms with Crippen molar-refractivity contribution in [3.05, 3.63) is 30.3 Å². The maximum atomic E-state index is 9.96. The second-order valence-electron chi connectivity index (χ2n) is 2.97. The lowest BCUT2D eigenvalue weighted by molar-refractivity contribution is -0.108. The van der Waals surface area contributed by atoms with Crippen LogP contribution in [0.1, 0.15) is 26.7 Å². The maximum absolute atomic E-state index is 9.96. The molecule has 0 fully saturated rings. The van der Waals surface area contributed by atoms with Gasteiger partial charge in [0.05, 0.1) is 6.61 Å². The first-order valence-corrected chi connectivity index (χ1v) is 6.05. The van der Waals surface area contributed by atoms with Crippen LogP contribution in [0.15, 0.2) is 30.3 Å². The number of benzene rings is 1. The monoisotopic (exact) mass is 239 g/mol. The van der Waals surface area contributed by atoms with Crippen LogP contribution in [-0.2, 0) is 4.79 Å². The summed E-state index contributed by atoms with van der Waals surface area (Å²) in [6.07, 6.45) is 2.28. The fraction of sp³-hybridized carbons (Fsp3) is 0.500. The third-order valence-corrected chi connectivity index (χ3v) is 1.48. The lowest BCUT2D eigenvalue weighted by Gasteiger charge is -2.02. The Hall–Kier alpha value is -1.35. The van der Waals surface area contributed by atoms with Crippen LogP contribution < -0.4 is 10.1 Å². The van der Waals surface area contributed by atoms with Gasteiger partial charge in [-0.25, -0.2) is 0 Å². The highest BCUT2D eigenvalue weighted by Gasteiger charge is 1.90. The first kappa shape index (κ1) is 18.0. The molecule has 0 aliphatic rings. The lowest BCUT2D eigenvalue weighted by atomic mass is 10.3. The largest absolute Gasteiger partial charge is 0.494 e. The van der Waals surface area contributed by atoms with E-state index in [1.54, 1.807) is 0 Å². The molecule has 0 aliphatic carbocycles. The van der Waals surface area contributed by atoms with E-state index >= 15 is 0 Å². The van der Waals surface area contributed by atoms with Crippen molar-refractivity contribution in [1.29, 1.82) is 0 Å². The molecule has 0 aliphatic heterocycles. The highest BCUT2D eigenvalue weighted by Crippen LogP contribution is 2.08. The Balaban J connectivity index is 0. The van der Waals surface area contributed by atoms with Crippen molar-refractivity contribution in [3.63, 3.8) is 0 Å². The lowest BCUT2D eigenvalue weighted by Crippen LogP contribution is -1.96. The first-order valence-electron chi connectivity index (χ1n) is 6.05. The van der Waals surface area contributed by atoms with Crippen LogP contribution in [0.25, 0.3) is 0 Å². The van der Waals surface area contributed by atoms with E-state index in [1.807, 2.05) is 58.3 Å². The zero-order valence-corrected chi connectivity index (χ0v) is 11.4. The minimum absolute atomic E-state index is 0.576. The van der Waals surface area contributed by atoms with Gasteiger partial charge >= 0.3 is 0 Å². The number of nitrogens with one attached hydrogen (secondary N) is 1. The minimum Gasteiger partial charge on any atom is -0.494 e. The normalized spacial score (nSPS) is 8.00. The summed E-state index contributed by atoms with van der Waals surface area (Å²) >= 11 is 0. The number of hydrogen-bond acceptors (Lipinski definition) is 3. The standard InChI is InChI=1S/C10H12O2.C2H7N.C2H6/c11-8-4-5-9-12-10-6-2-1-3-7-10;1-3-2;1-2/h1-3,6-8H,4-5,9H2;3H,1-2H3;1-2H3. The molecule has 1 N–H and O–H groups in total. The summed E-state index contributed by atoms with van der Waals surface area (Å²) in [5.41, 5.74) is 0. The molecular weight excluding hydrogens is 214 g/mol. The fourth-order valence-electron chi connectivity index (χ4n) is 0.873. The third kappa shape index (κ3) is 14.7. The molecule has 3 heteroatoms. The summed E-state index contributed by atoms with van der Waals surface area (Å²) in [5.74, 6) is 0.864. The van der Waals surface area contributed by atoms with Gasteiger partial charge in [-0.15, -0.1) is 0 Å². The molecule has 98 valence electrons. The summed E-state index contributed by atoms with van der Waals surface area (Å²) < 4.78 is 5.35. The Morgan fingerprint density at radius 2 is 1.71 bits per heavy atom. The summed E-state index contributed by atoms with van der Waals surface area (Å²) in [6, 6.07) is 9.60. The number of aldehydes is 1. The highest BCUT2D eigenvalue weighted by atomic mass is 16.5. The molecule has 0 aromatic heterocycles. The number of carbonyl (C=O) groups excluding carboxylic acids is 1. The Morgan fingerprint density at radius 3 is 2.18 bits per heavy atom. The van der Waals surface area contributed by atoms with E-state index in [9.17, 15) is 4.79 Å². The predicted octanol–water partition coefficient (Wildman–Crippen LogP) is 2.91. The van der Waals surface area contributed by atoms with E-state index in [1.165, 1.54) is 0 Å². The average molecular weight is 239 g/mol. The number of rotatable bonds is 5. The van der Waals surface area contributed by atoms with Crippen LogP contribution in [-0.4, -0.2) is 27.0 Å². The van der Waals surface area contributed by atoms with Gasteiger partial charge in [0.15, 0.2) is 0 Å². The Kier molecular flexibility index (Phi) is 18.1. The van der Waals surface area contributed by atoms with Crippen molar-refractivity contribution in [2.45, 2.75) is 26.7 Å². The summed E-state index contributed by atoms with van der Waals surface area (Å²) in [5, 5.41) is 2.75. The van der Waals surface area contributed by atoms with Gasteiger partial charge in [0.2, 0.25) is 0 Å². The zero-order chi connectivity index (χ0) is 13.4.